The van der Waals surface area contributed by atoms with Crippen LogP contribution in [0.5, 0.6) is 0 Å². The van der Waals surface area contributed by atoms with Gasteiger partial charge in [0.1, 0.15) is 6.04 Å². The first-order chi connectivity index (χ1) is 16.0. The molecule has 1 fully saturated rings. The van der Waals surface area contributed by atoms with Gasteiger partial charge in [0.25, 0.3) is 0 Å². The van der Waals surface area contributed by atoms with E-state index in [0.29, 0.717) is 11.0 Å². The maximum atomic E-state index is 5.90. The molecule has 1 aliphatic rings. The lowest BCUT2D eigenvalue weighted by molar-refractivity contribution is 0.549. The van der Waals surface area contributed by atoms with Crippen LogP contribution in [0.3, 0.4) is 0 Å². The van der Waals surface area contributed by atoms with Crippen LogP contribution in [0, 0.1) is 6.92 Å². The second kappa shape index (κ2) is 8.83. The van der Waals surface area contributed by atoms with Gasteiger partial charge in [-0.1, -0.05) is 50.2 Å². The molecular formula is C28H28N4S. The molecule has 33 heavy (non-hydrogen) atoms. The van der Waals surface area contributed by atoms with Crippen molar-refractivity contribution in [3.63, 3.8) is 0 Å². The quantitative estimate of drug-likeness (QED) is 0.351. The molecule has 0 saturated carbocycles. The molecule has 166 valence electrons. The molecule has 0 radical (unpaired) electrons. The number of benzene rings is 2. The average molecular weight is 453 g/mol. The average Bonchev–Trinajstić information content (AvgIpc) is 3.44. The number of nitrogens with zero attached hydrogens (tertiary/aromatic N) is 3. The molecule has 5 rings (SSSR count). The van der Waals surface area contributed by atoms with Crippen LogP contribution in [-0.2, 0) is 0 Å². The summed E-state index contributed by atoms with van der Waals surface area (Å²) in [5, 5.41) is 4.28. The number of rotatable bonds is 5. The summed E-state index contributed by atoms with van der Waals surface area (Å²) < 4.78 is 2.28. The first-order valence-corrected chi connectivity index (χ1v) is 11.8. The topological polar surface area (TPSA) is 33.1 Å². The van der Waals surface area contributed by atoms with Crippen molar-refractivity contribution in [2.45, 2.75) is 38.8 Å². The van der Waals surface area contributed by atoms with Crippen LogP contribution >= 0.6 is 12.2 Å². The van der Waals surface area contributed by atoms with E-state index in [0.717, 1.165) is 11.4 Å². The van der Waals surface area contributed by atoms with Crippen LogP contribution in [0.4, 0.5) is 5.69 Å². The minimum Gasteiger partial charge on any atom is -0.351 e. The van der Waals surface area contributed by atoms with E-state index in [1.807, 2.05) is 18.3 Å². The molecule has 5 heteroatoms. The molecule has 1 N–H and O–H groups in total. The summed E-state index contributed by atoms with van der Waals surface area (Å²) in [6.07, 6.45) is 3.98. The SMILES string of the molecule is Cc1ccccc1-n1cccc1[C@H]1[C@@H](c2ccccn2)NC(=S)N1c1ccc(C(C)C)cc1. The molecule has 4 aromatic rings. The molecule has 2 atom stereocenters. The number of hydrogen-bond donors (Lipinski definition) is 1. The molecule has 0 aliphatic carbocycles. The zero-order chi connectivity index (χ0) is 22.9. The zero-order valence-electron chi connectivity index (χ0n) is 19.1. The molecule has 3 heterocycles. The predicted molar refractivity (Wildman–Crippen MR) is 139 cm³/mol. The summed E-state index contributed by atoms with van der Waals surface area (Å²) in [7, 11) is 0. The van der Waals surface area contributed by atoms with Crippen molar-refractivity contribution in [1.29, 1.82) is 0 Å². The zero-order valence-corrected chi connectivity index (χ0v) is 20.0. The molecule has 2 aromatic heterocycles. The van der Waals surface area contributed by atoms with E-state index >= 15 is 0 Å². The van der Waals surface area contributed by atoms with E-state index in [2.05, 4.69) is 113 Å². The highest BCUT2D eigenvalue weighted by Crippen LogP contribution is 2.42. The Hall–Kier alpha value is -3.44. The smallest absolute Gasteiger partial charge is 0.174 e. The monoisotopic (exact) mass is 452 g/mol. The van der Waals surface area contributed by atoms with Crippen molar-refractivity contribution >= 4 is 23.0 Å². The van der Waals surface area contributed by atoms with E-state index in [9.17, 15) is 0 Å². The second-order valence-corrected chi connectivity index (χ2v) is 9.22. The largest absolute Gasteiger partial charge is 0.351 e. The van der Waals surface area contributed by atoms with E-state index in [4.69, 9.17) is 12.2 Å². The number of anilines is 1. The van der Waals surface area contributed by atoms with Crippen molar-refractivity contribution in [2.24, 2.45) is 0 Å². The molecule has 1 saturated heterocycles. The predicted octanol–water partition coefficient (Wildman–Crippen LogP) is 6.48. The van der Waals surface area contributed by atoms with Gasteiger partial charge in [-0.3, -0.25) is 4.98 Å². The maximum Gasteiger partial charge on any atom is 0.174 e. The summed E-state index contributed by atoms with van der Waals surface area (Å²) in [6.45, 7) is 6.58. The number of aromatic nitrogens is 2. The molecule has 0 bridgehead atoms. The molecule has 0 spiro atoms. The van der Waals surface area contributed by atoms with Gasteiger partial charge >= 0.3 is 0 Å². The molecule has 4 nitrogen and oxygen atoms in total. The van der Waals surface area contributed by atoms with Crippen LogP contribution in [0.25, 0.3) is 5.69 Å². The van der Waals surface area contributed by atoms with E-state index in [-0.39, 0.29) is 12.1 Å². The molecular weight excluding hydrogens is 424 g/mol. The first kappa shape index (κ1) is 21.4. The Kier molecular flexibility index (Phi) is 5.73. The Morgan fingerprint density at radius 2 is 1.67 bits per heavy atom. The lowest BCUT2D eigenvalue weighted by atomic mass is 9.99. The Morgan fingerprint density at radius 1 is 0.909 bits per heavy atom. The van der Waals surface area contributed by atoms with Crippen molar-refractivity contribution in [1.82, 2.24) is 14.9 Å². The second-order valence-electron chi connectivity index (χ2n) is 8.83. The standard InChI is InChI=1S/C28H28N4S/c1-19(2)21-13-15-22(16-14-21)32-27(26(30-28(32)33)23-10-6-7-17-29-23)25-12-8-18-31(25)24-11-5-4-9-20(24)3/h4-19,26-27H,1-3H3,(H,30,33)/t26-,27+/m1/s1. The summed E-state index contributed by atoms with van der Waals surface area (Å²) in [6, 6.07) is 27.5. The van der Waals surface area contributed by atoms with Gasteiger partial charge in [-0.05, 0) is 78.7 Å². The van der Waals surface area contributed by atoms with Crippen LogP contribution < -0.4 is 10.2 Å². The highest BCUT2D eigenvalue weighted by molar-refractivity contribution is 7.80. The summed E-state index contributed by atoms with van der Waals surface area (Å²) in [5.74, 6) is 0.484. The number of pyridine rings is 1. The highest BCUT2D eigenvalue weighted by Gasteiger charge is 2.42. The molecule has 1 aliphatic heterocycles. The normalized spacial score (nSPS) is 18.1. The number of nitrogens with one attached hydrogen (secondary N) is 1. The summed E-state index contributed by atoms with van der Waals surface area (Å²) >= 11 is 5.90. The number of thiocarbonyl (C=S) groups is 1. The fourth-order valence-electron chi connectivity index (χ4n) is 4.64. The minimum absolute atomic E-state index is 0.0492. The van der Waals surface area contributed by atoms with E-state index < -0.39 is 0 Å². The van der Waals surface area contributed by atoms with Gasteiger partial charge in [-0.15, -0.1) is 0 Å². The number of hydrogen-bond acceptors (Lipinski definition) is 2. The fraction of sp³-hybridized carbons (Fsp3) is 0.214. The van der Waals surface area contributed by atoms with Crippen LogP contribution in [0.1, 0.15) is 54.4 Å². The Morgan fingerprint density at radius 3 is 2.36 bits per heavy atom. The Balaban J connectivity index is 1.65. The van der Waals surface area contributed by atoms with Gasteiger partial charge < -0.3 is 14.8 Å². The highest BCUT2D eigenvalue weighted by atomic mass is 32.1. The van der Waals surface area contributed by atoms with E-state index in [1.54, 1.807) is 0 Å². The minimum atomic E-state index is -0.0684. The molecule has 0 amide bonds. The third-order valence-electron chi connectivity index (χ3n) is 6.39. The third kappa shape index (κ3) is 3.93. The van der Waals surface area contributed by atoms with E-state index in [1.165, 1.54) is 22.5 Å². The van der Waals surface area contributed by atoms with Crippen molar-refractivity contribution in [2.75, 3.05) is 4.90 Å². The lowest BCUT2D eigenvalue weighted by Crippen LogP contribution is -2.30. The Bertz CT molecular complexity index is 1260. The van der Waals surface area contributed by atoms with Crippen LogP contribution in [0.2, 0.25) is 0 Å². The van der Waals surface area contributed by atoms with Gasteiger partial charge in [0.15, 0.2) is 5.11 Å². The van der Waals surface area contributed by atoms with Gasteiger partial charge in [0.2, 0.25) is 0 Å². The van der Waals surface area contributed by atoms with Gasteiger partial charge in [-0.2, -0.15) is 0 Å². The number of para-hydroxylation sites is 1. The lowest BCUT2D eigenvalue weighted by Gasteiger charge is -2.29. The molecule has 2 aromatic carbocycles. The summed E-state index contributed by atoms with van der Waals surface area (Å²) in [4.78, 5) is 6.92. The third-order valence-corrected chi connectivity index (χ3v) is 6.71. The maximum absolute atomic E-state index is 5.90. The van der Waals surface area contributed by atoms with Crippen LogP contribution in [0.15, 0.2) is 91.3 Å². The number of aryl methyl sites for hydroxylation is 1. The molecule has 0 unspecified atom stereocenters. The first-order valence-electron chi connectivity index (χ1n) is 11.4. The van der Waals surface area contributed by atoms with Crippen molar-refractivity contribution in [3.05, 3.63) is 114 Å². The van der Waals surface area contributed by atoms with Gasteiger partial charge in [-0.25, -0.2) is 0 Å². The fourth-order valence-corrected chi connectivity index (χ4v) is 4.99. The van der Waals surface area contributed by atoms with Gasteiger partial charge in [0, 0.05) is 29.5 Å². The van der Waals surface area contributed by atoms with Crippen LogP contribution in [-0.4, -0.2) is 14.7 Å². The van der Waals surface area contributed by atoms with Gasteiger partial charge in [0.05, 0.1) is 11.7 Å². The van der Waals surface area contributed by atoms with Crippen molar-refractivity contribution < 1.29 is 0 Å². The Labute approximate surface area is 200 Å². The van der Waals surface area contributed by atoms with Crippen molar-refractivity contribution in [3.8, 4) is 5.69 Å². The summed E-state index contributed by atoms with van der Waals surface area (Å²) in [5.41, 5.74) is 6.94.